The monoisotopic (exact) mass is 351 g/mol. The first kappa shape index (κ1) is 14.5. The van der Waals surface area contributed by atoms with Crippen LogP contribution in [0, 0.1) is 5.82 Å². The number of benzene rings is 1. The van der Waals surface area contributed by atoms with E-state index in [0.29, 0.717) is 22.6 Å². The second-order valence-corrected chi connectivity index (χ2v) is 5.66. The van der Waals surface area contributed by atoms with E-state index in [1.54, 1.807) is 30.3 Å². The summed E-state index contributed by atoms with van der Waals surface area (Å²) in [5, 5.41) is 20.9. The lowest BCUT2D eigenvalue weighted by molar-refractivity contribution is 0.523. The Labute approximate surface area is 144 Å². The summed E-state index contributed by atoms with van der Waals surface area (Å²) < 4.78 is 21.5. The zero-order valence-corrected chi connectivity index (χ0v) is 13.0. The summed E-state index contributed by atoms with van der Waals surface area (Å²) in [5.41, 5.74) is 0.831. The number of aromatic amines is 1. The van der Waals surface area contributed by atoms with E-state index < -0.39 is 17.4 Å². The molecule has 0 saturated carbocycles. The Morgan fingerprint density at radius 1 is 1.19 bits per heavy atom. The number of rotatable bonds is 2. The minimum absolute atomic E-state index is 0.196. The van der Waals surface area contributed by atoms with Gasteiger partial charge in [0.25, 0.3) is 5.56 Å². The Balaban J connectivity index is 1.87. The maximum atomic E-state index is 14.6. The summed E-state index contributed by atoms with van der Waals surface area (Å²) in [7, 11) is 0. The maximum Gasteiger partial charge on any atom is 0.288 e. The molecule has 1 aliphatic rings. The van der Waals surface area contributed by atoms with Crippen LogP contribution in [0.15, 0.2) is 51.9 Å². The van der Waals surface area contributed by atoms with Gasteiger partial charge in [-0.25, -0.2) is 9.49 Å². The zero-order chi connectivity index (χ0) is 17.7. The molecule has 2 N–H and O–H groups in total. The topological polar surface area (TPSA) is 115 Å². The standard InChI is InChI=1S/C16H10FN7O2/c17-9-5-2-1-4-8(9)14-11-12(10-6-3-7-26-10)19-20-15(25)13(11)18-16-21-22-23-24(14)16/h1-7,14H,(H,20,25)(H,18,21,23)/t14-/m0/s1. The minimum Gasteiger partial charge on any atom is -0.463 e. The predicted octanol–water partition coefficient (Wildman–Crippen LogP) is 1.85. The van der Waals surface area contributed by atoms with Gasteiger partial charge in [0.15, 0.2) is 5.76 Å². The van der Waals surface area contributed by atoms with Crippen LogP contribution in [0.1, 0.15) is 17.2 Å². The van der Waals surface area contributed by atoms with Gasteiger partial charge in [0.05, 0.1) is 6.26 Å². The lowest BCUT2D eigenvalue weighted by Gasteiger charge is -2.27. The minimum atomic E-state index is -0.785. The van der Waals surface area contributed by atoms with Crippen molar-refractivity contribution >= 4 is 11.6 Å². The van der Waals surface area contributed by atoms with Crippen molar-refractivity contribution in [3.63, 3.8) is 0 Å². The molecule has 0 amide bonds. The largest absolute Gasteiger partial charge is 0.463 e. The van der Waals surface area contributed by atoms with E-state index >= 15 is 0 Å². The van der Waals surface area contributed by atoms with Gasteiger partial charge < -0.3 is 9.73 Å². The molecule has 4 aromatic rings. The highest BCUT2D eigenvalue weighted by molar-refractivity contribution is 5.73. The van der Waals surface area contributed by atoms with Gasteiger partial charge in [0.1, 0.15) is 23.2 Å². The third-order valence-corrected chi connectivity index (χ3v) is 4.22. The number of aromatic nitrogens is 6. The van der Waals surface area contributed by atoms with Gasteiger partial charge >= 0.3 is 0 Å². The van der Waals surface area contributed by atoms with Crippen LogP contribution >= 0.6 is 0 Å². The lowest BCUT2D eigenvalue weighted by Crippen LogP contribution is -2.29. The Morgan fingerprint density at radius 3 is 2.88 bits per heavy atom. The average molecular weight is 351 g/mol. The van der Waals surface area contributed by atoms with Gasteiger partial charge in [-0.2, -0.15) is 9.78 Å². The number of nitrogens with zero attached hydrogens (tertiary/aromatic N) is 5. The van der Waals surface area contributed by atoms with Crippen molar-refractivity contribution in [1.82, 2.24) is 30.4 Å². The first-order chi connectivity index (χ1) is 12.7. The summed E-state index contributed by atoms with van der Waals surface area (Å²) in [6.07, 6.45) is 1.49. The van der Waals surface area contributed by atoms with Crippen molar-refractivity contribution in [1.29, 1.82) is 0 Å². The van der Waals surface area contributed by atoms with Crippen molar-refractivity contribution in [3.8, 4) is 11.5 Å². The van der Waals surface area contributed by atoms with Crippen molar-refractivity contribution in [2.45, 2.75) is 6.04 Å². The lowest BCUT2D eigenvalue weighted by atomic mass is 9.94. The number of fused-ring (bicyclic) bond motifs is 2. The van der Waals surface area contributed by atoms with Crippen LogP contribution in [0.3, 0.4) is 0 Å². The molecule has 0 fully saturated rings. The first-order valence-electron chi connectivity index (χ1n) is 7.70. The number of nitrogens with one attached hydrogen (secondary N) is 2. The van der Waals surface area contributed by atoms with Crippen molar-refractivity contribution < 1.29 is 8.81 Å². The van der Waals surface area contributed by atoms with Gasteiger partial charge in [-0.3, -0.25) is 4.79 Å². The number of H-pyrrole nitrogens is 1. The molecular formula is C16H10FN7O2. The van der Waals surface area contributed by atoms with Crippen molar-refractivity contribution in [3.05, 3.63) is 70.0 Å². The summed E-state index contributed by atoms with van der Waals surface area (Å²) in [4.78, 5) is 12.4. The average Bonchev–Trinajstić information content (AvgIpc) is 3.33. The van der Waals surface area contributed by atoms with E-state index in [2.05, 4.69) is 31.0 Å². The molecular weight excluding hydrogens is 341 g/mol. The Hall–Kier alpha value is -3.82. The second kappa shape index (κ2) is 5.34. The molecule has 26 heavy (non-hydrogen) atoms. The van der Waals surface area contributed by atoms with E-state index in [1.807, 2.05) is 0 Å². The highest BCUT2D eigenvalue weighted by Crippen LogP contribution is 2.41. The zero-order valence-electron chi connectivity index (χ0n) is 13.0. The number of halogens is 1. The molecule has 4 heterocycles. The third-order valence-electron chi connectivity index (χ3n) is 4.22. The molecule has 128 valence electrons. The van der Waals surface area contributed by atoms with E-state index in [9.17, 15) is 9.18 Å². The first-order valence-corrected chi connectivity index (χ1v) is 7.70. The van der Waals surface area contributed by atoms with Gasteiger partial charge in [-0.15, -0.1) is 0 Å². The Morgan fingerprint density at radius 2 is 2.08 bits per heavy atom. The summed E-state index contributed by atoms with van der Waals surface area (Å²) >= 11 is 0. The highest BCUT2D eigenvalue weighted by Gasteiger charge is 2.36. The van der Waals surface area contributed by atoms with E-state index in [-0.39, 0.29) is 11.6 Å². The predicted molar refractivity (Wildman–Crippen MR) is 87.3 cm³/mol. The van der Waals surface area contributed by atoms with Crippen molar-refractivity contribution in [2.24, 2.45) is 0 Å². The molecule has 0 bridgehead atoms. The molecule has 0 unspecified atom stereocenters. The van der Waals surface area contributed by atoms with Crippen molar-refractivity contribution in [2.75, 3.05) is 5.32 Å². The summed E-state index contributed by atoms with van der Waals surface area (Å²) in [6, 6.07) is 8.87. The molecule has 1 aliphatic heterocycles. The second-order valence-electron chi connectivity index (χ2n) is 5.66. The van der Waals surface area contributed by atoms with Gasteiger partial charge in [0.2, 0.25) is 5.95 Å². The van der Waals surface area contributed by atoms with Crippen LogP contribution in [-0.4, -0.2) is 30.4 Å². The number of hydrogen-bond donors (Lipinski definition) is 2. The van der Waals surface area contributed by atoms with Gasteiger partial charge in [-0.1, -0.05) is 23.3 Å². The van der Waals surface area contributed by atoms with Crippen LogP contribution in [0.2, 0.25) is 0 Å². The fourth-order valence-corrected chi connectivity index (χ4v) is 3.12. The molecule has 9 nitrogen and oxygen atoms in total. The molecule has 0 radical (unpaired) electrons. The number of hydrogen-bond acceptors (Lipinski definition) is 7. The number of anilines is 2. The van der Waals surface area contributed by atoms with Crippen LogP contribution < -0.4 is 10.9 Å². The number of tetrazole rings is 1. The smallest absolute Gasteiger partial charge is 0.288 e. The normalized spacial score (nSPS) is 15.2. The molecule has 3 aromatic heterocycles. The molecule has 0 spiro atoms. The molecule has 0 saturated heterocycles. The van der Waals surface area contributed by atoms with Crippen LogP contribution in [-0.2, 0) is 0 Å². The number of furan rings is 1. The van der Waals surface area contributed by atoms with Gasteiger partial charge in [0, 0.05) is 11.1 Å². The fourth-order valence-electron chi connectivity index (χ4n) is 3.12. The SMILES string of the molecule is O=c1[nH]nc(-c2ccco2)c2c1Nc1nnnn1[C@H]2c1ccccc1F. The summed E-state index contributed by atoms with van der Waals surface area (Å²) in [5.74, 6) is 0.211. The van der Waals surface area contributed by atoms with Crippen LogP contribution in [0.25, 0.3) is 11.5 Å². The van der Waals surface area contributed by atoms with E-state index in [1.165, 1.54) is 17.0 Å². The highest BCUT2D eigenvalue weighted by atomic mass is 19.1. The van der Waals surface area contributed by atoms with Crippen LogP contribution in [0.5, 0.6) is 0 Å². The third kappa shape index (κ3) is 1.98. The van der Waals surface area contributed by atoms with Gasteiger partial charge in [-0.05, 0) is 28.6 Å². The Kier molecular flexibility index (Phi) is 2.98. The van der Waals surface area contributed by atoms with Crippen LogP contribution in [0.4, 0.5) is 16.0 Å². The molecule has 5 rings (SSSR count). The quantitative estimate of drug-likeness (QED) is 0.499. The fraction of sp³-hybridized carbons (Fsp3) is 0.0625. The maximum absolute atomic E-state index is 14.6. The molecule has 10 heteroatoms. The molecule has 0 aliphatic carbocycles. The summed E-state index contributed by atoms with van der Waals surface area (Å²) in [6.45, 7) is 0. The molecule has 1 atom stereocenters. The van der Waals surface area contributed by atoms with E-state index in [0.717, 1.165) is 0 Å². The molecule has 1 aromatic carbocycles. The van der Waals surface area contributed by atoms with E-state index in [4.69, 9.17) is 4.42 Å². The Bertz CT molecular complexity index is 1170.